The van der Waals surface area contributed by atoms with Crippen LogP contribution in [0.3, 0.4) is 0 Å². The fourth-order valence-electron chi connectivity index (χ4n) is 2.11. The predicted molar refractivity (Wildman–Crippen MR) is 79.9 cm³/mol. The van der Waals surface area contributed by atoms with E-state index in [0.717, 1.165) is 24.2 Å². The van der Waals surface area contributed by atoms with Crippen LogP contribution in [-0.4, -0.2) is 5.91 Å². The average molecular weight is 288 g/mol. The van der Waals surface area contributed by atoms with E-state index < -0.39 is 5.91 Å². The number of benzene rings is 1. The summed E-state index contributed by atoms with van der Waals surface area (Å²) >= 11 is 0. The number of aryl methyl sites for hydroxylation is 2. The van der Waals surface area contributed by atoms with Gasteiger partial charge in [0.15, 0.2) is 5.76 Å². The molecule has 0 aliphatic rings. The molecule has 0 saturated carbocycles. The number of amides is 1. The first-order valence-corrected chi connectivity index (χ1v) is 6.96. The number of nitrogens with two attached hydrogens (primary N) is 1. The maximum Gasteiger partial charge on any atom is 0.301 e. The topological polar surface area (TPSA) is 77.5 Å². The highest BCUT2D eigenvalue weighted by molar-refractivity contribution is 5.92. The lowest BCUT2D eigenvalue weighted by molar-refractivity contribution is 0.0921. The number of nitrogens with one attached hydrogen (secondary N) is 1. The van der Waals surface area contributed by atoms with Crippen LogP contribution in [-0.2, 0) is 13.0 Å². The second-order valence-electron chi connectivity index (χ2n) is 4.88. The molecule has 1 aromatic heterocycles. The first kappa shape index (κ1) is 15.1. The largest absolute Gasteiger partial charge is 0.486 e. The molecule has 1 amide bonds. The van der Waals surface area contributed by atoms with Gasteiger partial charge in [0.1, 0.15) is 18.1 Å². The van der Waals surface area contributed by atoms with E-state index in [1.807, 2.05) is 12.1 Å². The molecule has 5 heteroatoms. The molecule has 1 aromatic carbocycles. The third kappa shape index (κ3) is 3.86. The summed E-state index contributed by atoms with van der Waals surface area (Å²) in [5.41, 5.74) is 4.08. The molecule has 2 aromatic rings. The lowest BCUT2D eigenvalue weighted by atomic mass is 10.1. The highest BCUT2D eigenvalue weighted by atomic mass is 16.5. The van der Waals surface area contributed by atoms with Gasteiger partial charge in [-0.2, -0.15) is 0 Å². The molecule has 2 rings (SSSR count). The molecular weight excluding hydrogens is 268 g/mol. The molecule has 0 radical (unpaired) electrons. The van der Waals surface area contributed by atoms with E-state index in [0.29, 0.717) is 5.76 Å². The van der Waals surface area contributed by atoms with Crippen molar-refractivity contribution in [3.8, 4) is 5.75 Å². The van der Waals surface area contributed by atoms with Crippen LogP contribution < -0.4 is 16.0 Å². The molecular formula is C16H20N2O3. The van der Waals surface area contributed by atoms with Crippen LogP contribution in [0.1, 0.15) is 40.8 Å². The van der Waals surface area contributed by atoms with Crippen LogP contribution in [0.2, 0.25) is 0 Å². The summed E-state index contributed by atoms with van der Waals surface area (Å²) in [5, 5.41) is 0. The molecule has 0 aliphatic carbocycles. The molecule has 0 atom stereocenters. The minimum absolute atomic E-state index is 0.217. The summed E-state index contributed by atoms with van der Waals surface area (Å²) in [4.78, 5) is 11.5. The fourth-order valence-corrected chi connectivity index (χ4v) is 2.11. The van der Waals surface area contributed by atoms with Gasteiger partial charge in [0, 0.05) is 5.56 Å². The van der Waals surface area contributed by atoms with Crippen molar-refractivity contribution >= 4 is 5.91 Å². The Kier molecular flexibility index (Phi) is 5.00. The van der Waals surface area contributed by atoms with Crippen LogP contribution in [0.5, 0.6) is 5.75 Å². The summed E-state index contributed by atoms with van der Waals surface area (Å²) in [7, 11) is 0. The van der Waals surface area contributed by atoms with Gasteiger partial charge in [0.05, 0.1) is 0 Å². The zero-order valence-electron chi connectivity index (χ0n) is 12.3. The molecule has 1 heterocycles. The molecule has 0 aliphatic heterocycles. The van der Waals surface area contributed by atoms with Crippen molar-refractivity contribution in [2.45, 2.75) is 33.3 Å². The van der Waals surface area contributed by atoms with E-state index in [2.05, 4.69) is 24.5 Å². The molecule has 3 N–H and O–H groups in total. The number of furan rings is 1. The fraction of sp³-hybridized carbons (Fsp3) is 0.312. The monoisotopic (exact) mass is 288 g/mol. The summed E-state index contributed by atoms with van der Waals surface area (Å²) in [5.74, 6) is 6.23. The highest BCUT2D eigenvalue weighted by Crippen LogP contribution is 2.18. The molecule has 21 heavy (non-hydrogen) atoms. The average Bonchev–Trinajstić information content (AvgIpc) is 2.87. The first-order valence-electron chi connectivity index (χ1n) is 6.96. The van der Waals surface area contributed by atoms with Gasteiger partial charge < -0.3 is 9.15 Å². The third-order valence-electron chi connectivity index (χ3n) is 3.15. The first-order chi connectivity index (χ1) is 10.1. The van der Waals surface area contributed by atoms with Crippen molar-refractivity contribution in [3.05, 3.63) is 53.0 Å². The Bertz CT molecular complexity index is 602. The summed E-state index contributed by atoms with van der Waals surface area (Å²) in [6.45, 7) is 4.21. The van der Waals surface area contributed by atoms with Gasteiger partial charge in [-0.15, -0.1) is 0 Å². The SMILES string of the molecule is CCCc1ccc(OCc2cc(C)c(C(=O)NN)o2)cc1. The molecule has 0 bridgehead atoms. The van der Waals surface area contributed by atoms with Crippen molar-refractivity contribution in [2.24, 2.45) is 5.84 Å². The molecule has 0 spiro atoms. The van der Waals surface area contributed by atoms with Crippen molar-refractivity contribution in [3.63, 3.8) is 0 Å². The maximum atomic E-state index is 11.5. The standard InChI is InChI=1S/C16H20N2O3/c1-3-4-12-5-7-13(8-6-12)20-10-14-9-11(2)15(21-14)16(19)18-17/h5-9H,3-4,10,17H2,1-2H3,(H,18,19). The number of hydrogen-bond donors (Lipinski definition) is 2. The van der Waals surface area contributed by atoms with Crippen molar-refractivity contribution in [1.82, 2.24) is 5.43 Å². The molecule has 112 valence electrons. The summed E-state index contributed by atoms with van der Waals surface area (Å²) < 4.78 is 11.1. The zero-order valence-corrected chi connectivity index (χ0v) is 12.3. The Balaban J connectivity index is 1.98. The van der Waals surface area contributed by atoms with E-state index in [4.69, 9.17) is 15.0 Å². The van der Waals surface area contributed by atoms with E-state index >= 15 is 0 Å². The van der Waals surface area contributed by atoms with E-state index in [1.165, 1.54) is 5.56 Å². The molecule has 0 unspecified atom stereocenters. The maximum absolute atomic E-state index is 11.5. The summed E-state index contributed by atoms with van der Waals surface area (Å²) in [6.07, 6.45) is 2.19. The van der Waals surface area contributed by atoms with Gasteiger partial charge in [-0.05, 0) is 37.1 Å². The van der Waals surface area contributed by atoms with Gasteiger partial charge in [-0.3, -0.25) is 10.2 Å². The lowest BCUT2D eigenvalue weighted by Crippen LogP contribution is -2.30. The number of hydrogen-bond acceptors (Lipinski definition) is 4. The third-order valence-corrected chi connectivity index (χ3v) is 3.15. The molecule has 0 fully saturated rings. The number of carbonyl (C=O) groups is 1. The van der Waals surface area contributed by atoms with Crippen molar-refractivity contribution < 1.29 is 13.9 Å². The van der Waals surface area contributed by atoms with Gasteiger partial charge in [-0.25, -0.2) is 5.84 Å². The minimum atomic E-state index is -0.442. The van der Waals surface area contributed by atoms with E-state index in [9.17, 15) is 4.79 Å². The Morgan fingerprint density at radius 2 is 2.05 bits per heavy atom. The van der Waals surface area contributed by atoms with Gasteiger partial charge in [0.25, 0.3) is 0 Å². The van der Waals surface area contributed by atoms with Gasteiger partial charge >= 0.3 is 5.91 Å². The van der Waals surface area contributed by atoms with Crippen LogP contribution in [0.15, 0.2) is 34.7 Å². The number of ether oxygens (including phenoxy) is 1. The Morgan fingerprint density at radius 1 is 1.33 bits per heavy atom. The Labute approximate surface area is 124 Å². The Hall–Kier alpha value is -2.27. The number of hydrazine groups is 1. The molecule has 5 nitrogen and oxygen atoms in total. The zero-order chi connectivity index (χ0) is 15.2. The minimum Gasteiger partial charge on any atom is -0.486 e. The smallest absolute Gasteiger partial charge is 0.301 e. The number of carbonyl (C=O) groups excluding carboxylic acids is 1. The second kappa shape index (κ2) is 6.95. The van der Waals surface area contributed by atoms with E-state index in [1.54, 1.807) is 13.0 Å². The second-order valence-corrected chi connectivity index (χ2v) is 4.88. The van der Waals surface area contributed by atoms with Gasteiger partial charge in [-0.1, -0.05) is 25.5 Å². The number of rotatable bonds is 6. The predicted octanol–water partition coefficient (Wildman–Crippen LogP) is 2.72. The lowest BCUT2D eigenvalue weighted by Gasteiger charge is -2.05. The quantitative estimate of drug-likeness (QED) is 0.487. The normalized spacial score (nSPS) is 10.4. The molecule has 0 saturated heterocycles. The van der Waals surface area contributed by atoms with Crippen molar-refractivity contribution in [1.29, 1.82) is 0 Å². The summed E-state index contributed by atoms with van der Waals surface area (Å²) in [6, 6.07) is 9.76. The van der Waals surface area contributed by atoms with Crippen LogP contribution in [0, 0.1) is 6.92 Å². The highest BCUT2D eigenvalue weighted by Gasteiger charge is 2.14. The Morgan fingerprint density at radius 3 is 2.67 bits per heavy atom. The van der Waals surface area contributed by atoms with Crippen LogP contribution in [0.4, 0.5) is 0 Å². The number of nitrogen functional groups attached to an aromatic ring is 1. The van der Waals surface area contributed by atoms with Crippen molar-refractivity contribution in [2.75, 3.05) is 0 Å². The van der Waals surface area contributed by atoms with Crippen LogP contribution in [0.25, 0.3) is 0 Å². The van der Waals surface area contributed by atoms with Crippen LogP contribution >= 0.6 is 0 Å². The van der Waals surface area contributed by atoms with E-state index in [-0.39, 0.29) is 12.4 Å². The van der Waals surface area contributed by atoms with Gasteiger partial charge in [0.2, 0.25) is 0 Å².